The first-order chi connectivity index (χ1) is 49.8. The Kier molecular flexibility index (Phi) is 26.9. The van der Waals surface area contributed by atoms with Crippen LogP contribution in [-0.2, 0) is 39.1 Å². The number of fused-ring (bicyclic) bond motifs is 4. The maximum absolute atomic E-state index is 11.3. The molecule has 24 nitrogen and oxygen atoms in total. The van der Waals surface area contributed by atoms with Crippen LogP contribution in [-0.4, -0.2) is 121 Å². The number of hydrogen-bond acceptors (Lipinski definition) is 24. The quantitative estimate of drug-likeness (QED) is 0.0355. The van der Waals surface area contributed by atoms with Crippen molar-refractivity contribution in [1.82, 2.24) is 0 Å². The van der Waals surface area contributed by atoms with Gasteiger partial charge in [-0.15, -0.1) is 0 Å². The summed E-state index contributed by atoms with van der Waals surface area (Å²) in [5.74, 6) is 2.15. The minimum absolute atomic E-state index is 0. The average Bonchev–Trinajstić information content (AvgIpc) is 0.770. The van der Waals surface area contributed by atoms with E-state index in [9.17, 15) is 61.3 Å². The molecule has 4 aliphatic heterocycles. The molecule has 0 spiro atoms. The van der Waals surface area contributed by atoms with Gasteiger partial charge in [-0.1, -0.05) is 119 Å². The second-order valence-corrected chi connectivity index (χ2v) is 24.6. The Labute approximate surface area is 618 Å². The molecule has 0 saturated carbocycles. The number of phenolic OH excluding ortho intramolecular Hbond substituents is 8. The van der Waals surface area contributed by atoms with Crippen LogP contribution in [0.15, 0.2) is 182 Å². The molecule has 12 N–H and O–H groups in total. The summed E-state index contributed by atoms with van der Waals surface area (Å²) in [6.07, 6.45) is -6.35. The highest BCUT2D eigenvalue weighted by atomic mass is 19.0. The maximum Gasteiger partial charge on any atom is 0.203 e. The number of aliphatic hydroxyl groups is 4. The number of hydrogen-bond donors (Lipinski definition) is 12. The third kappa shape index (κ3) is 18.0. The number of methoxy groups -OCH3 is 4. The van der Waals surface area contributed by atoms with Gasteiger partial charge in [-0.05, 0) is 65.2 Å². The zero-order valence-electron chi connectivity index (χ0n) is 56.6. The lowest BCUT2D eigenvalue weighted by molar-refractivity contribution is -0.0151. The van der Waals surface area contributed by atoms with Crippen molar-refractivity contribution in [2.45, 2.75) is 110 Å². The SMILES string of the molecule is C.C.C.COc1cc(C2Oc3cc(C4Oc5cc(O)cc(OC)c5CC4O)cc(O)c3OC2CO)ccc1O.COc1cc(O)cc2c1CC(O)C(c1cc(O)c(O)c(O)c1)O2.COc1cc(O)cc2c1CC(O)C(c1cc(OCc3ccccc3)c(OCc3ccccc3)c(OCc3ccccc3)c1)O2.F. The van der Waals surface area contributed by atoms with E-state index in [1.165, 1.54) is 89.1 Å². The summed E-state index contributed by atoms with van der Waals surface area (Å²) in [4.78, 5) is 0. The molecule has 8 atom stereocenters. The number of phenols is 8. The van der Waals surface area contributed by atoms with Gasteiger partial charge in [0.15, 0.2) is 82.3 Å². The largest absolute Gasteiger partial charge is 0.508 e. The van der Waals surface area contributed by atoms with Crippen molar-refractivity contribution in [3.63, 3.8) is 0 Å². The summed E-state index contributed by atoms with van der Waals surface area (Å²) < 4.78 is 70.3. The molecule has 0 bridgehead atoms. The highest BCUT2D eigenvalue weighted by Crippen LogP contribution is 2.52. The zero-order valence-corrected chi connectivity index (χ0v) is 56.6. The van der Waals surface area contributed by atoms with E-state index in [0.717, 1.165) is 16.7 Å². The van der Waals surface area contributed by atoms with E-state index in [2.05, 4.69) is 0 Å². The van der Waals surface area contributed by atoms with Crippen LogP contribution in [0, 0.1) is 0 Å². The van der Waals surface area contributed by atoms with Crippen molar-refractivity contribution in [2.75, 3.05) is 35.0 Å². The Hall–Kier alpha value is -12.0. The normalized spacial score (nSPS) is 18.1. The molecular formula is C82H89FO24. The molecule has 0 aliphatic carbocycles. The van der Waals surface area contributed by atoms with E-state index in [1.54, 1.807) is 18.2 Å². The molecule has 10 aromatic rings. The predicted molar refractivity (Wildman–Crippen MR) is 394 cm³/mol. The minimum atomic E-state index is -0.986. The lowest BCUT2D eigenvalue weighted by Gasteiger charge is -2.35. The van der Waals surface area contributed by atoms with Crippen molar-refractivity contribution in [3.05, 3.63) is 238 Å². The lowest BCUT2D eigenvalue weighted by atomic mass is 9.93. The monoisotopic (exact) mass is 1480 g/mol. The fraction of sp³-hybridized carbons (Fsp3) is 0.268. The van der Waals surface area contributed by atoms with Crippen LogP contribution in [0.2, 0.25) is 0 Å². The summed E-state index contributed by atoms with van der Waals surface area (Å²) in [6.45, 7) is 0.498. The van der Waals surface area contributed by atoms with Crippen LogP contribution in [0.25, 0.3) is 0 Å². The molecule has 107 heavy (non-hydrogen) atoms. The zero-order chi connectivity index (χ0) is 72.6. The van der Waals surface area contributed by atoms with Gasteiger partial charge in [-0.25, -0.2) is 0 Å². The first-order valence-corrected chi connectivity index (χ1v) is 32.6. The molecule has 10 aromatic carbocycles. The van der Waals surface area contributed by atoms with Gasteiger partial charge in [0, 0.05) is 94.6 Å². The van der Waals surface area contributed by atoms with E-state index >= 15 is 0 Å². The Morgan fingerprint density at radius 1 is 0.346 bits per heavy atom. The van der Waals surface area contributed by atoms with Crippen LogP contribution in [0.1, 0.15) is 102 Å². The second kappa shape index (κ2) is 35.6. The van der Waals surface area contributed by atoms with E-state index in [-0.39, 0.29) is 92.2 Å². The molecule has 14 rings (SSSR count). The summed E-state index contributed by atoms with van der Waals surface area (Å²) in [5, 5.41) is 122. The fourth-order valence-corrected chi connectivity index (χ4v) is 12.5. The summed E-state index contributed by atoms with van der Waals surface area (Å²) in [7, 11) is 5.85. The number of rotatable bonds is 18. The van der Waals surface area contributed by atoms with E-state index < -0.39 is 72.7 Å². The Balaban J connectivity index is 0.000000208. The number of aliphatic hydroxyl groups excluding tert-OH is 4. The molecule has 4 heterocycles. The third-order valence-electron chi connectivity index (χ3n) is 17.6. The smallest absolute Gasteiger partial charge is 0.203 e. The molecule has 25 heteroatoms. The van der Waals surface area contributed by atoms with Gasteiger partial charge >= 0.3 is 0 Å². The first-order valence-electron chi connectivity index (χ1n) is 32.6. The van der Waals surface area contributed by atoms with E-state index in [4.69, 9.17) is 56.8 Å². The van der Waals surface area contributed by atoms with Gasteiger partial charge in [-0.3, -0.25) is 4.70 Å². The van der Waals surface area contributed by atoms with Crippen molar-refractivity contribution < 1.29 is 123 Å². The van der Waals surface area contributed by atoms with Gasteiger partial charge in [0.05, 0.1) is 53.4 Å². The summed E-state index contributed by atoms with van der Waals surface area (Å²) in [6, 6.07) is 52.1. The Morgan fingerprint density at radius 3 is 1.09 bits per heavy atom. The standard InChI is InChI=1S/C37H34O7.C26H26O10.C16H16O7.3CH4.FH/c1-40-32-19-29(38)20-33-30(32)21-31(39)36(44-33)28-17-34(41-22-25-11-5-2-6-12-25)37(43-24-27-15-9-4-10-16-27)35(18-28)42-23-26-13-7-3-8-14-26;1-32-19-8-14(28)9-20-15(19)10-18(31)24(34-20)13-5-17(30)26-22(7-13)35-25(23(11-27)36-26)12-3-4-16(29)21(6-12)33-2;1-22-13-4-8(17)5-14-9(13)6-12(20)16(23-14)7-2-10(18)15(21)11(19)3-7;;;;/h2-20,31,36,38-39H,21-24H2,1H3;3-9,18,23-25,27-31H,10-11H2,1-2H3;2-5,12,16-21H,6H2,1H3;3*1H4;1H. The number of benzene rings is 10. The van der Waals surface area contributed by atoms with Crippen LogP contribution in [0.4, 0.5) is 4.70 Å². The van der Waals surface area contributed by atoms with Gasteiger partial charge < -0.3 is 118 Å². The molecule has 0 fully saturated rings. The highest BCUT2D eigenvalue weighted by molar-refractivity contribution is 5.60. The lowest BCUT2D eigenvalue weighted by Crippen LogP contribution is -2.36. The summed E-state index contributed by atoms with van der Waals surface area (Å²) in [5.41, 5.74) is 6.82. The van der Waals surface area contributed by atoms with Crippen molar-refractivity contribution in [1.29, 1.82) is 0 Å². The van der Waals surface area contributed by atoms with Gasteiger partial charge in [-0.2, -0.15) is 0 Å². The molecule has 568 valence electrons. The van der Waals surface area contributed by atoms with E-state index in [0.29, 0.717) is 111 Å². The van der Waals surface area contributed by atoms with Crippen molar-refractivity contribution in [2.24, 2.45) is 0 Å². The van der Waals surface area contributed by atoms with Crippen LogP contribution in [0.3, 0.4) is 0 Å². The van der Waals surface area contributed by atoms with Gasteiger partial charge in [0.25, 0.3) is 0 Å². The fourth-order valence-electron chi connectivity index (χ4n) is 12.5. The number of aromatic hydroxyl groups is 8. The van der Waals surface area contributed by atoms with Crippen LogP contribution in [0.5, 0.6) is 115 Å². The first kappa shape index (κ1) is 80.7. The van der Waals surface area contributed by atoms with E-state index in [1.807, 2.05) is 103 Å². The topological polar surface area (TPSA) is 354 Å². The van der Waals surface area contributed by atoms with Crippen molar-refractivity contribution in [3.8, 4) is 115 Å². The summed E-state index contributed by atoms with van der Waals surface area (Å²) >= 11 is 0. The van der Waals surface area contributed by atoms with Gasteiger partial charge in [0.2, 0.25) is 11.5 Å². The molecule has 4 aliphatic rings. The molecular weight excluding hydrogens is 1390 g/mol. The average molecular weight is 1480 g/mol. The molecule has 8 unspecified atom stereocenters. The molecule has 0 radical (unpaired) electrons. The van der Waals surface area contributed by atoms with Gasteiger partial charge in [0.1, 0.15) is 71.6 Å². The molecule has 0 saturated heterocycles. The maximum atomic E-state index is 11.3. The number of ether oxygens (including phenoxy) is 12. The van der Waals surface area contributed by atoms with Crippen LogP contribution < -0.4 is 56.8 Å². The molecule has 0 aromatic heterocycles. The Bertz CT molecular complexity index is 4530. The third-order valence-corrected chi connectivity index (χ3v) is 17.6. The minimum Gasteiger partial charge on any atom is -0.508 e. The highest BCUT2D eigenvalue weighted by Gasteiger charge is 2.40. The van der Waals surface area contributed by atoms with Crippen LogP contribution >= 0.6 is 0 Å². The predicted octanol–water partition coefficient (Wildman–Crippen LogP) is 13.5. The van der Waals surface area contributed by atoms with Crippen molar-refractivity contribution >= 4 is 0 Å². The molecule has 0 amide bonds. The number of halogens is 1. The Morgan fingerprint density at radius 2 is 0.701 bits per heavy atom. The second-order valence-electron chi connectivity index (χ2n) is 24.6.